The van der Waals surface area contributed by atoms with Gasteiger partial charge in [-0.15, -0.1) is 0 Å². The Labute approximate surface area is 151 Å². The van der Waals surface area contributed by atoms with E-state index in [1.54, 1.807) is 34.1 Å². The van der Waals surface area contributed by atoms with Crippen LogP contribution in [0.4, 0.5) is 0 Å². The number of carbonyl (C=O) groups excluding carboxylic acids is 3. The molecule has 1 aliphatic rings. The minimum Gasteiger partial charge on any atom is -0.479 e. The van der Waals surface area contributed by atoms with Crippen LogP contribution in [-0.2, 0) is 19.1 Å². The summed E-state index contributed by atoms with van der Waals surface area (Å²) in [5, 5.41) is 8.75. The van der Waals surface area contributed by atoms with E-state index in [-0.39, 0.29) is 18.4 Å². The van der Waals surface area contributed by atoms with Crippen LogP contribution in [0.25, 0.3) is 0 Å². The van der Waals surface area contributed by atoms with Crippen LogP contribution in [0, 0.1) is 11.3 Å². The molecular formula is C18H21N3O5. The minimum atomic E-state index is -0.884. The summed E-state index contributed by atoms with van der Waals surface area (Å²) in [5.41, 5.74) is 0.489. The predicted molar refractivity (Wildman–Crippen MR) is 91.0 cm³/mol. The molecule has 1 aliphatic heterocycles. The van der Waals surface area contributed by atoms with E-state index in [0.717, 1.165) is 0 Å². The normalized spacial score (nSPS) is 15.0. The fraction of sp³-hybridized carbons (Fsp3) is 0.444. The van der Waals surface area contributed by atoms with Gasteiger partial charge in [0.05, 0.1) is 11.6 Å². The lowest BCUT2D eigenvalue weighted by Gasteiger charge is -2.34. The topological polar surface area (TPSA) is 99.9 Å². The molecule has 0 unspecified atom stereocenters. The standard InChI is InChI=1S/C18H21N3O5/c1-13(26-16-5-3-15(11-19)4-6-16)18(24)25-12-17(23)21-9-7-20(8-10-21)14(2)22/h3-6,13H,7-10,12H2,1-2H3/t13-/m0/s1. The average molecular weight is 359 g/mol. The second-order valence-electron chi connectivity index (χ2n) is 5.89. The van der Waals surface area contributed by atoms with E-state index in [1.165, 1.54) is 13.8 Å². The molecule has 1 fully saturated rings. The maximum atomic E-state index is 12.1. The Hall–Kier alpha value is -3.08. The molecule has 8 nitrogen and oxygen atoms in total. The van der Waals surface area contributed by atoms with Gasteiger partial charge in [0, 0.05) is 33.1 Å². The number of nitriles is 1. The maximum Gasteiger partial charge on any atom is 0.347 e. The summed E-state index contributed by atoms with van der Waals surface area (Å²) in [7, 11) is 0. The summed E-state index contributed by atoms with van der Waals surface area (Å²) in [6.45, 7) is 4.46. The molecule has 0 radical (unpaired) electrons. The first-order valence-corrected chi connectivity index (χ1v) is 8.27. The molecule has 0 aromatic heterocycles. The zero-order chi connectivity index (χ0) is 19.1. The first-order chi connectivity index (χ1) is 12.4. The van der Waals surface area contributed by atoms with Crippen molar-refractivity contribution in [1.82, 2.24) is 9.80 Å². The Morgan fingerprint density at radius 3 is 2.23 bits per heavy atom. The first-order valence-electron chi connectivity index (χ1n) is 8.27. The van der Waals surface area contributed by atoms with E-state index in [1.807, 2.05) is 6.07 Å². The maximum absolute atomic E-state index is 12.1. The minimum absolute atomic E-state index is 0.0164. The SMILES string of the molecule is CC(=O)N1CCN(C(=O)COC(=O)[C@H](C)Oc2ccc(C#N)cc2)CC1. The third kappa shape index (κ3) is 5.21. The summed E-state index contributed by atoms with van der Waals surface area (Å²) < 4.78 is 10.5. The smallest absolute Gasteiger partial charge is 0.347 e. The molecule has 0 spiro atoms. The fourth-order valence-electron chi connectivity index (χ4n) is 2.47. The van der Waals surface area contributed by atoms with Crippen LogP contribution < -0.4 is 4.74 Å². The second kappa shape index (κ2) is 8.85. The Bertz CT molecular complexity index is 703. The Balaban J connectivity index is 1.75. The third-order valence-corrected chi connectivity index (χ3v) is 4.04. The molecule has 0 aliphatic carbocycles. The quantitative estimate of drug-likeness (QED) is 0.712. The van der Waals surface area contributed by atoms with Crippen LogP contribution in [0.15, 0.2) is 24.3 Å². The van der Waals surface area contributed by atoms with Crippen LogP contribution in [-0.4, -0.2) is 66.5 Å². The Morgan fingerprint density at radius 2 is 1.69 bits per heavy atom. The molecule has 138 valence electrons. The van der Waals surface area contributed by atoms with Crippen LogP contribution in [0.5, 0.6) is 5.75 Å². The number of hydrogen-bond acceptors (Lipinski definition) is 6. The predicted octanol–water partition coefficient (Wildman–Crippen LogP) is 0.559. The van der Waals surface area contributed by atoms with Crippen LogP contribution in [0.2, 0.25) is 0 Å². The molecule has 1 heterocycles. The van der Waals surface area contributed by atoms with Gasteiger partial charge in [0.2, 0.25) is 5.91 Å². The van der Waals surface area contributed by atoms with E-state index in [2.05, 4.69) is 0 Å². The number of carbonyl (C=O) groups is 3. The van der Waals surface area contributed by atoms with Gasteiger partial charge in [-0.2, -0.15) is 5.26 Å². The van der Waals surface area contributed by atoms with Crippen LogP contribution in [0.3, 0.4) is 0 Å². The van der Waals surface area contributed by atoms with Gasteiger partial charge in [0.25, 0.3) is 5.91 Å². The molecule has 0 bridgehead atoms. The first kappa shape index (κ1) is 19.2. The lowest BCUT2D eigenvalue weighted by atomic mass is 10.2. The van der Waals surface area contributed by atoms with E-state index in [4.69, 9.17) is 14.7 Å². The van der Waals surface area contributed by atoms with Gasteiger partial charge in [-0.25, -0.2) is 4.79 Å². The van der Waals surface area contributed by atoms with Crippen LogP contribution >= 0.6 is 0 Å². The van der Waals surface area contributed by atoms with Gasteiger partial charge >= 0.3 is 5.97 Å². The number of rotatable bonds is 5. The van der Waals surface area contributed by atoms with Crippen molar-refractivity contribution in [1.29, 1.82) is 5.26 Å². The number of ether oxygens (including phenoxy) is 2. The molecule has 8 heteroatoms. The highest BCUT2D eigenvalue weighted by atomic mass is 16.6. The van der Waals surface area contributed by atoms with Crippen molar-refractivity contribution in [2.45, 2.75) is 20.0 Å². The lowest BCUT2D eigenvalue weighted by Crippen LogP contribution is -2.51. The van der Waals surface area contributed by atoms with Crippen molar-refractivity contribution in [3.8, 4) is 11.8 Å². The van der Waals surface area contributed by atoms with E-state index >= 15 is 0 Å². The van der Waals surface area contributed by atoms with E-state index < -0.39 is 12.1 Å². The van der Waals surface area contributed by atoms with Gasteiger partial charge < -0.3 is 19.3 Å². The van der Waals surface area contributed by atoms with E-state index in [9.17, 15) is 14.4 Å². The molecule has 1 aromatic carbocycles. The third-order valence-electron chi connectivity index (χ3n) is 4.04. The highest BCUT2D eigenvalue weighted by molar-refractivity contribution is 5.82. The molecule has 2 rings (SSSR count). The molecule has 26 heavy (non-hydrogen) atoms. The molecule has 1 aromatic rings. The molecule has 2 amide bonds. The fourth-order valence-corrected chi connectivity index (χ4v) is 2.47. The summed E-state index contributed by atoms with van der Waals surface area (Å²) in [5.74, 6) is -0.533. The number of piperazine rings is 1. The number of benzene rings is 1. The highest BCUT2D eigenvalue weighted by Crippen LogP contribution is 2.14. The molecule has 0 N–H and O–H groups in total. The molecule has 1 atom stereocenters. The van der Waals surface area contributed by atoms with Crippen LogP contribution in [0.1, 0.15) is 19.4 Å². The van der Waals surface area contributed by atoms with Gasteiger partial charge in [0.15, 0.2) is 12.7 Å². The van der Waals surface area contributed by atoms with Crippen molar-refractivity contribution in [2.24, 2.45) is 0 Å². The van der Waals surface area contributed by atoms with Crippen molar-refractivity contribution in [3.05, 3.63) is 29.8 Å². The summed E-state index contributed by atoms with van der Waals surface area (Å²) in [4.78, 5) is 38.6. The molecule has 1 saturated heterocycles. The Morgan fingerprint density at radius 1 is 1.12 bits per heavy atom. The van der Waals surface area contributed by atoms with Gasteiger partial charge in [-0.05, 0) is 31.2 Å². The summed E-state index contributed by atoms with van der Waals surface area (Å²) in [6, 6.07) is 8.32. The zero-order valence-corrected chi connectivity index (χ0v) is 14.8. The van der Waals surface area contributed by atoms with E-state index in [0.29, 0.717) is 37.5 Å². The lowest BCUT2D eigenvalue weighted by molar-refractivity contribution is -0.158. The monoisotopic (exact) mass is 359 g/mol. The van der Waals surface area contributed by atoms with Gasteiger partial charge in [-0.3, -0.25) is 9.59 Å². The van der Waals surface area contributed by atoms with Crippen molar-refractivity contribution >= 4 is 17.8 Å². The average Bonchev–Trinajstić information content (AvgIpc) is 2.66. The van der Waals surface area contributed by atoms with Gasteiger partial charge in [0.1, 0.15) is 5.75 Å². The second-order valence-corrected chi connectivity index (χ2v) is 5.89. The van der Waals surface area contributed by atoms with Crippen molar-refractivity contribution in [3.63, 3.8) is 0 Å². The Kier molecular flexibility index (Phi) is 6.55. The van der Waals surface area contributed by atoms with Gasteiger partial charge in [-0.1, -0.05) is 0 Å². The van der Waals surface area contributed by atoms with Crippen molar-refractivity contribution in [2.75, 3.05) is 32.8 Å². The number of nitrogens with zero attached hydrogens (tertiary/aromatic N) is 3. The highest BCUT2D eigenvalue weighted by Gasteiger charge is 2.24. The summed E-state index contributed by atoms with van der Waals surface area (Å²) in [6.07, 6.45) is -0.884. The summed E-state index contributed by atoms with van der Waals surface area (Å²) >= 11 is 0. The number of amides is 2. The largest absolute Gasteiger partial charge is 0.479 e. The molecular weight excluding hydrogens is 338 g/mol. The number of hydrogen-bond donors (Lipinski definition) is 0. The molecule has 0 saturated carbocycles. The van der Waals surface area contributed by atoms with Crippen molar-refractivity contribution < 1.29 is 23.9 Å². The zero-order valence-electron chi connectivity index (χ0n) is 14.8. The number of esters is 1.